The predicted molar refractivity (Wildman–Crippen MR) is 121 cm³/mol. The van der Waals surface area contributed by atoms with Crippen molar-refractivity contribution in [2.75, 3.05) is 31.4 Å². The first kappa shape index (κ1) is 19.5. The zero-order chi connectivity index (χ0) is 21.3. The summed E-state index contributed by atoms with van der Waals surface area (Å²) in [5, 5.41) is 2.97. The van der Waals surface area contributed by atoms with Gasteiger partial charge in [-0.1, -0.05) is 0 Å². The first-order valence-electron chi connectivity index (χ1n) is 9.67. The Bertz CT molecular complexity index is 1210. The number of methoxy groups -OCH3 is 1. The van der Waals surface area contributed by atoms with Gasteiger partial charge in [0.2, 0.25) is 0 Å². The maximum atomic E-state index is 12.8. The van der Waals surface area contributed by atoms with Crippen LogP contribution in [0.1, 0.15) is 15.9 Å². The Morgan fingerprint density at radius 2 is 1.83 bits per heavy atom. The Kier molecular flexibility index (Phi) is 5.14. The smallest absolute Gasteiger partial charge is 0.255 e. The van der Waals surface area contributed by atoms with Gasteiger partial charge in [0.15, 0.2) is 0 Å². The van der Waals surface area contributed by atoms with Gasteiger partial charge in [-0.05, 0) is 67.1 Å². The lowest BCUT2D eigenvalue weighted by molar-refractivity contribution is 0.102. The van der Waals surface area contributed by atoms with Gasteiger partial charge in [-0.25, -0.2) is 4.98 Å². The molecule has 4 rings (SSSR count). The monoisotopic (exact) mass is 400 g/mol. The van der Waals surface area contributed by atoms with E-state index in [0.717, 1.165) is 28.2 Å². The minimum atomic E-state index is -0.193. The van der Waals surface area contributed by atoms with E-state index in [1.54, 1.807) is 7.11 Å². The first-order chi connectivity index (χ1) is 14.4. The van der Waals surface area contributed by atoms with Crippen LogP contribution in [0.25, 0.3) is 16.9 Å². The highest BCUT2D eigenvalue weighted by Crippen LogP contribution is 2.31. The number of nitrogens with one attached hydrogen (secondary N) is 1. The van der Waals surface area contributed by atoms with E-state index in [1.165, 1.54) is 0 Å². The van der Waals surface area contributed by atoms with E-state index in [-0.39, 0.29) is 5.91 Å². The summed E-state index contributed by atoms with van der Waals surface area (Å²) in [5.74, 6) is 0.401. The molecule has 0 bridgehead atoms. The molecule has 0 aliphatic heterocycles. The summed E-state index contributed by atoms with van der Waals surface area (Å²) in [6.45, 7) is 2.04. The van der Waals surface area contributed by atoms with Crippen LogP contribution in [0.4, 0.5) is 11.4 Å². The van der Waals surface area contributed by atoms with Crippen LogP contribution in [0.15, 0.2) is 67.0 Å². The lowest BCUT2D eigenvalue weighted by Gasteiger charge is -2.14. The molecule has 6 nitrogen and oxygen atoms in total. The first-order valence-corrected chi connectivity index (χ1v) is 9.67. The van der Waals surface area contributed by atoms with Gasteiger partial charge in [0.25, 0.3) is 5.91 Å². The van der Waals surface area contributed by atoms with Crippen molar-refractivity contribution in [2.45, 2.75) is 6.92 Å². The molecule has 2 aromatic carbocycles. The van der Waals surface area contributed by atoms with Gasteiger partial charge in [-0.15, -0.1) is 0 Å². The number of carbonyl (C=O) groups excluding carboxylic acids is 1. The molecule has 0 radical (unpaired) electrons. The summed E-state index contributed by atoms with van der Waals surface area (Å²) in [5.41, 5.74) is 5.98. The van der Waals surface area contributed by atoms with Crippen LogP contribution >= 0.6 is 0 Å². The summed E-state index contributed by atoms with van der Waals surface area (Å²) in [4.78, 5) is 19.5. The molecule has 0 fully saturated rings. The van der Waals surface area contributed by atoms with E-state index >= 15 is 0 Å². The standard InChI is InChI=1S/C24H24N4O2/c1-16-11-12-28-15-21(25-23(28)13-16)18-7-10-22(30-4)20(14-18)26-24(29)17-5-8-19(9-6-17)27(2)3/h5-15H,1-4H3,(H,26,29). The van der Waals surface area contributed by atoms with E-state index < -0.39 is 0 Å². The molecule has 1 N–H and O–H groups in total. The van der Waals surface area contributed by atoms with Crippen molar-refractivity contribution in [3.63, 3.8) is 0 Å². The normalized spacial score (nSPS) is 10.8. The number of aryl methyl sites for hydroxylation is 1. The Balaban J connectivity index is 1.64. The molecule has 2 aromatic heterocycles. The van der Waals surface area contributed by atoms with Crippen molar-refractivity contribution in [3.8, 4) is 17.0 Å². The lowest BCUT2D eigenvalue weighted by Crippen LogP contribution is -2.13. The van der Waals surface area contributed by atoms with Crippen LogP contribution in [-0.2, 0) is 0 Å². The molecule has 0 saturated heterocycles. The fourth-order valence-electron chi connectivity index (χ4n) is 3.29. The van der Waals surface area contributed by atoms with E-state index in [9.17, 15) is 4.79 Å². The van der Waals surface area contributed by atoms with Gasteiger partial charge in [-0.2, -0.15) is 0 Å². The second-order valence-electron chi connectivity index (χ2n) is 7.41. The number of amides is 1. The number of carbonyl (C=O) groups is 1. The number of imidazole rings is 1. The fraction of sp³-hybridized carbons (Fsp3) is 0.167. The molecular weight excluding hydrogens is 376 g/mol. The van der Waals surface area contributed by atoms with Gasteiger partial charge in [0, 0.05) is 43.3 Å². The maximum absolute atomic E-state index is 12.8. The number of hydrogen-bond donors (Lipinski definition) is 1. The Hall–Kier alpha value is -3.80. The molecule has 0 atom stereocenters. The molecule has 0 unspecified atom stereocenters. The molecule has 152 valence electrons. The Morgan fingerprint density at radius 3 is 2.53 bits per heavy atom. The van der Waals surface area contributed by atoms with Crippen LogP contribution < -0.4 is 15.0 Å². The van der Waals surface area contributed by atoms with E-state index in [2.05, 4.69) is 5.32 Å². The predicted octanol–water partition coefficient (Wildman–Crippen LogP) is 4.64. The molecule has 4 aromatic rings. The second-order valence-corrected chi connectivity index (χ2v) is 7.41. The number of benzene rings is 2. The third kappa shape index (κ3) is 3.85. The molecule has 30 heavy (non-hydrogen) atoms. The second kappa shape index (κ2) is 7.91. The Labute approximate surface area is 175 Å². The lowest BCUT2D eigenvalue weighted by atomic mass is 10.1. The maximum Gasteiger partial charge on any atom is 0.255 e. The summed E-state index contributed by atoms with van der Waals surface area (Å²) >= 11 is 0. The van der Waals surface area contributed by atoms with Gasteiger partial charge in [-0.3, -0.25) is 4.79 Å². The number of aromatic nitrogens is 2. The third-order valence-electron chi connectivity index (χ3n) is 5.01. The van der Waals surface area contributed by atoms with Crippen molar-refractivity contribution in [1.82, 2.24) is 9.38 Å². The minimum Gasteiger partial charge on any atom is -0.495 e. The quantitative estimate of drug-likeness (QED) is 0.530. The Morgan fingerprint density at radius 1 is 1.07 bits per heavy atom. The molecule has 1 amide bonds. The van der Waals surface area contributed by atoms with Crippen molar-refractivity contribution in [2.24, 2.45) is 0 Å². The van der Waals surface area contributed by atoms with Gasteiger partial charge in [0.05, 0.1) is 18.5 Å². The molecule has 2 heterocycles. The number of nitrogens with zero attached hydrogens (tertiary/aromatic N) is 3. The average molecular weight is 400 g/mol. The molecule has 0 aliphatic rings. The number of pyridine rings is 1. The van der Waals surface area contributed by atoms with Crippen LogP contribution in [0, 0.1) is 6.92 Å². The SMILES string of the molecule is COc1ccc(-c2cn3ccc(C)cc3n2)cc1NC(=O)c1ccc(N(C)C)cc1. The van der Waals surface area contributed by atoms with Crippen molar-refractivity contribution in [1.29, 1.82) is 0 Å². The summed E-state index contributed by atoms with van der Waals surface area (Å²) in [6, 6.07) is 17.2. The highest BCUT2D eigenvalue weighted by Gasteiger charge is 2.13. The number of fused-ring (bicyclic) bond motifs is 1. The molecule has 0 aliphatic carbocycles. The zero-order valence-electron chi connectivity index (χ0n) is 17.5. The zero-order valence-corrected chi connectivity index (χ0v) is 17.5. The van der Waals surface area contributed by atoms with E-state index in [1.807, 2.05) is 97.3 Å². The van der Waals surface area contributed by atoms with Gasteiger partial charge < -0.3 is 19.4 Å². The molecular formula is C24H24N4O2. The van der Waals surface area contributed by atoms with Crippen molar-refractivity contribution >= 4 is 22.9 Å². The number of anilines is 2. The van der Waals surface area contributed by atoms with Gasteiger partial charge >= 0.3 is 0 Å². The van der Waals surface area contributed by atoms with Crippen LogP contribution in [0.5, 0.6) is 5.75 Å². The summed E-state index contributed by atoms with van der Waals surface area (Å²) in [7, 11) is 5.52. The summed E-state index contributed by atoms with van der Waals surface area (Å²) < 4.78 is 7.43. The number of hydrogen-bond acceptors (Lipinski definition) is 4. The summed E-state index contributed by atoms with van der Waals surface area (Å²) in [6.07, 6.45) is 3.97. The average Bonchev–Trinajstić information content (AvgIpc) is 3.17. The minimum absolute atomic E-state index is 0.193. The fourth-order valence-corrected chi connectivity index (χ4v) is 3.29. The third-order valence-corrected chi connectivity index (χ3v) is 5.01. The largest absolute Gasteiger partial charge is 0.495 e. The number of rotatable bonds is 5. The van der Waals surface area contributed by atoms with E-state index in [4.69, 9.17) is 9.72 Å². The van der Waals surface area contributed by atoms with Crippen molar-refractivity contribution in [3.05, 3.63) is 78.1 Å². The van der Waals surface area contributed by atoms with Crippen LogP contribution in [0.2, 0.25) is 0 Å². The molecule has 6 heteroatoms. The molecule has 0 saturated carbocycles. The van der Waals surface area contributed by atoms with Crippen molar-refractivity contribution < 1.29 is 9.53 Å². The topological polar surface area (TPSA) is 58.9 Å². The number of ether oxygens (including phenoxy) is 1. The molecule has 0 spiro atoms. The van der Waals surface area contributed by atoms with E-state index in [0.29, 0.717) is 17.0 Å². The van der Waals surface area contributed by atoms with Crippen LogP contribution in [-0.4, -0.2) is 36.5 Å². The highest BCUT2D eigenvalue weighted by molar-refractivity contribution is 6.05. The highest BCUT2D eigenvalue weighted by atomic mass is 16.5. The van der Waals surface area contributed by atoms with Crippen LogP contribution in [0.3, 0.4) is 0 Å². The van der Waals surface area contributed by atoms with Gasteiger partial charge in [0.1, 0.15) is 11.4 Å².